The van der Waals surface area contributed by atoms with Gasteiger partial charge in [-0.05, 0) is 14.0 Å². The van der Waals surface area contributed by atoms with E-state index >= 15 is 0 Å². The topological polar surface area (TPSA) is 28.2 Å². The molecule has 0 amide bonds. The maximum Gasteiger partial charge on any atom is 0.251 e. The maximum atomic E-state index is 12.0. The molecule has 3 nitrogen and oxygen atoms in total. The van der Waals surface area contributed by atoms with Crippen LogP contribution in [0.15, 0.2) is 6.20 Å². The van der Waals surface area contributed by atoms with Gasteiger partial charge in [-0.1, -0.05) is 0 Å². The molecule has 0 aliphatic rings. The number of nitrogens with one attached hydrogen (secondary N) is 1. The molecular weight excluding hydrogens is 220 g/mol. The van der Waals surface area contributed by atoms with Gasteiger partial charge in [0.05, 0.1) is 6.54 Å². The van der Waals surface area contributed by atoms with Crippen molar-refractivity contribution in [2.75, 3.05) is 25.5 Å². The van der Waals surface area contributed by atoms with Crippen LogP contribution in [0.25, 0.3) is 0 Å². The van der Waals surface area contributed by atoms with Gasteiger partial charge >= 0.3 is 0 Å². The third kappa shape index (κ3) is 4.53. The lowest BCUT2D eigenvalue weighted by atomic mass is 10.5. The van der Waals surface area contributed by atoms with Crippen LogP contribution in [0.2, 0.25) is 0 Å². The molecule has 86 valence electrons. The van der Waals surface area contributed by atoms with Crippen molar-refractivity contribution in [2.45, 2.75) is 19.9 Å². The van der Waals surface area contributed by atoms with Gasteiger partial charge < -0.3 is 5.32 Å². The predicted octanol–water partition coefficient (Wildman–Crippen LogP) is 2.27. The van der Waals surface area contributed by atoms with E-state index in [9.17, 15) is 8.78 Å². The van der Waals surface area contributed by atoms with Crippen LogP contribution >= 0.6 is 11.3 Å². The number of hydrogen-bond acceptors (Lipinski definition) is 4. The van der Waals surface area contributed by atoms with Crippen LogP contribution in [0.1, 0.15) is 11.8 Å². The Labute approximate surface area is 92.1 Å². The Morgan fingerprint density at radius 2 is 2.33 bits per heavy atom. The first-order chi connectivity index (χ1) is 7.11. The number of nitrogens with zero attached hydrogens (tertiary/aromatic N) is 2. The molecule has 0 radical (unpaired) electrons. The van der Waals surface area contributed by atoms with Crippen molar-refractivity contribution in [3.8, 4) is 0 Å². The first kappa shape index (κ1) is 12.3. The molecule has 1 rings (SSSR count). The Morgan fingerprint density at radius 3 is 2.93 bits per heavy atom. The zero-order valence-electron chi connectivity index (χ0n) is 8.83. The maximum absolute atomic E-state index is 12.0. The van der Waals surface area contributed by atoms with Crippen LogP contribution in [0.4, 0.5) is 13.9 Å². The van der Waals surface area contributed by atoms with Crippen LogP contribution in [0.3, 0.4) is 0 Å². The Balaban J connectivity index is 2.42. The van der Waals surface area contributed by atoms with Gasteiger partial charge in [-0.25, -0.2) is 13.8 Å². The van der Waals surface area contributed by atoms with E-state index in [2.05, 4.69) is 10.3 Å². The van der Waals surface area contributed by atoms with E-state index < -0.39 is 6.43 Å². The number of rotatable bonds is 6. The fourth-order valence-corrected chi connectivity index (χ4v) is 2.14. The first-order valence-corrected chi connectivity index (χ1v) is 5.58. The van der Waals surface area contributed by atoms with Gasteiger partial charge in [0.1, 0.15) is 0 Å². The fraction of sp³-hybridized carbons (Fsp3) is 0.667. The summed E-state index contributed by atoms with van der Waals surface area (Å²) in [6.45, 7) is 3.13. The van der Waals surface area contributed by atoms with Crippen LogP contribution in [0.5, 0.6) is 0 Å². The van der Waals surface area contributed by atoms with Gasteiger partial charge in [-0.2, -0.15) is 0 Å². The lowest BCUT2D eigenvalue weighted by molar-refractivity contribution is 0.0979. The number of halogens is 2. The average Bonchev–Trinajstić information content (AvgIpc) is 2.51. The SMILES string of the molecule is CCNc1ncc(CN(C)CC(F)F)s1. The molecule has 0 aliphatic heterocycles. The molecule has 0 unspecified atom stereocenters. The van der Waals surface area contributed by atoms with E-state index in [0.717, 1.165) is 16.6 Å². The minimum Gasteiger partial charge on any atom is -0.362 e. The smallest absolute Gasteiger partial charge is 0.251 e. The molecule has 0 fully saturated rings. The van der Waals surface area contributed by atoms with E-state index in [1.807, 2.05) is 6.92 Å². The summed E-state index contributed by atoms with van der Waals surface area (Å²) in [5.41, 5.74) is 0. The molecule has 0 spiro atoms. The second kappa shape index (κ2) is 5.97. The van der Waals surface area contributed by atoms with Gasteiger partial charge in [0.25, 0.3) is 6.43 Å². The number of anilines is 1. The average molecular weight is 235 g/mol. The van der Waals surface area contributed by atoms with Crippen LogP contribution in [-0.2, 0) is 6.54 Å². The van der Waals surface area contributed by atoms with E-state index in [1.54, 1.807) is 18.1 Å². The van der Waals surface area contributed by atoms with Crippen molar-refractivity contribution >= 4 is 16.5 Å². The Morgan fingerprint density at radius 1 is 1.60 bits per heavy atom. The van der Waals surface area contributed by atoms with E-state index in [4.69, 9.17) is 0 Å². The Hall–Kier alpha value is -0.750. The first-order valence-electron chi connectivity index (χ1n) is 4.77. The Bertz CT molecular complexity index is 291. The monoisotopic (exact) mass is 235 g/mol. The third-order valence-electron chi connectivity index (χ3n) is 1.76. The standard InChI is InChI=1S/C9H15F2N3S/c1-3-12-9-13-4-7(15-9)5-14(2)6-8(10)11/h4,8H,3,5-6H2,1-2H3,(H,12,13). The summed E-state index contributed by atoms with van der Waals surface area (Å²) < 4.78 is 24.1. The highest BCUT2D eigenvalue weighted by Crippen LogP contribution is 2.19. The summed E-state index contributed by atoms with van der Waals surface area (Å²) in [5, 5.41) is 3.93. The summed E-state index contributed by atoms with van der Waals surface area (Å²) in [6.07, 6.45) is -0.555. The molecule has 0 saturated heterocycles. The van der Waals surface area contributed by atoms with Gasteiger partial charge in [0.15, 0.2) is 5.13 Å². The van der Waals surface area contributed by atoms with Crippen molar-refractivity contribution < 1.29 is 8.78 Å². The molecule has 1 aromatic heterocycles. The Kier molecular flexibility index (Phi) is 4.90. The third-order valence-corrected chi connectivity index (χ3v) is 2.70. The van der Waals surface area contributed by atoms with Gasteiger partial charge in [-0.3, -0.25) is 4.90 Å². The van der Waals surface area contributed by atoms with E-state index in [-0.39, 0.29) is 6.54 Å². The summed E-state index contributed by atoms with van der Waals surface area (Å²) in [5.74, 6) is 0. The van der Waals surface area contributed by atoms with Crippen molar-refractivity contribution in [3.05, 3.63) is 11.1 Å². The normalized spacial score (nSPS) is 11.3. The predicted molar refractivity (Wildman–Crippen MR) is 58.6 cm³/mol. The second-order valence-corrected chi connectivity index (χ2v) is 4.37. The number of aromatic nitrogens is 1. The van der Waals surface area contributed by atoms with Gasteiger partial charge in [-0.15, -0.1) is 11.3 Å². The molecule has 1 aromatic rings. The highest BCUT2D eigenvalue weighted by Gasteiger charge is 2.09. The molecule has 0 saturated carbocycles. The molecule has 1 N–H and O–H groups in total. The van der Waals surface area contributed by atoms with Crippen molar-refractivity contribution in [1.82, 2.24) is 9.88 Å². The summed E-state index contributed by atoms with van der Waals surface area (Å²) in [4.78, 5) is 6.72. The molecule has 0 aliphatic carbocycles. The molecule has 0 bridgehead atoms. The highest BCUT2D eigenvalue weighted by atomic mass is 32.1. The van der Waals surface area contributed by atoms with Crippen LogP contribution < -0.4 is 5.32 Å². The summed E-state index contributed by atoms with van der Waals surface area (Å²) >= 11 is 1.50. The van der Waals surface area contributed by atoms with Crippen molar-refractivity contribution in [1.29, 1.82) is 0 Å². The molecule has 0 atom stereocenters. The quantitative estimate of drug-likeness (QED) is 0.820. The number of hydrogen-bond donors (Lipinski definition) is 1. The minimum atomic E-state index is -2.28. The zero-order chi connectivity index (χ0) is 11.3. The molecular formula is C9H15F2N3S. The minimum absolute atomic E-state index is 0.200. The molecule has 1 heterocycles. The number of alkyl halides is 2. The van der Waals surface area contributed by atoms with E-state index in [1.165, 1.54) is 11.3 Å². The fourth-order valence-electron chi connectivity index (χ4n) is 1.18. The zero-order valence-corrected chi connectivity index (χ0v) is 9.65. The number of thiazole rings is 1. The largest absolute Gasteiger partial charge is 0.362 e. The second-order valence-electron chi connectivity index (χ2n) is 3.25. The van der Waals surface area contributed by atoms with Crippen molar-refractivity contribution in [2.24, 2.45) is 0 Å². The molecule has 0 aromatic carbocycles. The van der Waals surface area contributed by atoms with Crippen molar-refractivity contribution in [3.63, 3.8) is 0 Å². The van der Waals surface area contributed by atoms with Gasteiger partial charge in [0, 0.05) is 24.2 Å². The van der Waals surface area contributed by atoms with Crippen LogP contribution in [0, 0.1) is 0 Å². The highest BCUT2D eigenvalue weighted by molar-refractivity contribution is 7.15. The van der Waals surface area contributed by atoms with E-state index in [0.29, 0.717) is 6.54 Å². The van der Waals surface area contributed by atoms with Gasteiger partial charge in [0.2, 0.25) is 0 Å². The van der Waals surface area contributed by atoms with Crippen LogP contribution in [-0.4, -0.2) is 36.4 Å². The lowest BCUT2D eigenvalue weighted by Crippen LogP contribution is -2.23. The molecule has 6 heteroatoms. The summed E-state index contributed by atoms with van der Waals surface area (Å²) in [7, 11) is 1.68. The summed E-state index contributed by atoms with van der Waals surface area (Å²) in [6, 6.07) is 0. The lowest BCUT2D eigenvalue weighted by Gasteiger charge is -2.13. The molecule has 15 heavy (non-hydrogen) atoms.